The smallest absolute Gasteiger partial charge is 0.405 e. The van der Waals surface area contributed by atoms with E-state index in [9.17, 15) is 23.5 Å². The maximum absolute atomic E-state index is 12.7. The number of rotatable bonds is 7. The number of benzene rings is 1. The fourth-order valence-corrected chi connectivity index (χ4v) is 6.85. The van der Waals surface area contributed by atoms with E-state index in [1.165, 1.54) is 31.2 Å². The first kappa shape index (κ1) is 22.9. The molecule has 4 bridgehead atoms. The van der Waals surface area contributed by atoms with Crippen LogP contribution in [0.25, 0.3) is 0 Å². The Morgan fingerprint density at radius 2 is 1.91 bits per heavy atom. The van der Waals surface area contributed by atoms with Crippen LogP contribution in [0.2, 0.25) is 0 Å². The maximum Gasteiger partial charge on any atom is 0.573 e. The predicted molar refractivity (Wildman–Crippen MR) is 117 cm³/mol. The van der Waals surface area contributed by atoms with E-state index in [-0.39, 0.29) is 30.3 Å². The third-order valence-corrected chi connectivity index (χ3v) is 7.98. The van der Waals surface area contributed by atoms with Gasteiger partial charge in [-0.3, -0.25) is 0 Å². The van der Waals surface area contributed by atoms with Crippen molar-refractivity contribution in [1.29, 1.82) is 5.26 Å². The van der Waals surface area contributed by atoms with Crippen molar-refractivity contribution >= 4 is 5.95 Å². The number of nitrogens with zero attached hydrogens (tertiary/aromatic N) is 3. The number of aliphatic hydroxyl groups is 1. The average molecular weight is 473 g/mol. The van der Waals surface area contributed by atoms with Gasteiger partial charge in [-0.05, 0) is 73.7 Å². The molecule has 1 heterocycles. The van der Waals surface area contributed by atoms with Gasteiger partial charge in [-0.15, -0.1) is 13.2 Å². The third kappa shape index (κ3) is 4.56. The summed E-state index contributed by atoms with van der Waals surface area (Å²) in [6.45, 7) is 0.306. The van der Waals surface area contributed by atoms with Crippen LogP contribution >= 0.6 is 0 Å². The number of hydrogen-bond acceptors (Lipinski definition) is 6. The monoisotopic (exact) mass is 472 g/mol. The molecule has 6 rings (SSSR count). The van der Waals surface area contributed by atoms with Crippen LogP contribution in [0.3, 0.4) is 0 Å². The quantitative estimate of drug-likeness (QED) is 0.600. The molecule has 4 aliphatic rings. The second-order valence-electron chi connectivity index (χ2n) is 10.2. The highest BCUT2D eigenvalue weighted by atomic mass is 19.4. The molecule has 9 heteroatoms. The number of aliphatic hydroxyl groups excluding tert-OH is 1. The maximum atomic E-state index is 12.7. The molecule has 2 N–H and O–H groups in total. The minimum atomic E-state index is -4.78. The van der Waals surface area contributed by atoms with Gasteiger partial charge in [0.2, 0.25) is 5.95 Å². The van der Waals surface area contributed by atoms with E-state index >= 15 is 0 Å². The zero-order valence-electron chi connectivity index (χ0n) is 18.7. The summed E-state index contributed by atoms with van der Waals surface area (Å²) in [5.41, 5.74) is 1.51. The second kappa shape index (κ2) is 8.73. The Bertz CT molecular complexity index is 1080. The average Bonchev–Trinajstić information content (AvgIpc) is 2.79. The fourth-order valence-electron chi connectivity index (χ4n) is 6.85. The number of para-hydroxylation sites is 1. The van der Waals surface area contributed by atoms with Gasteiger partial charge in [0.25, 0.3) is 0 Å². The summed E-state index contributed by atoms with van der Waals surface area (Å²) in [6, 6.07) is 8.11. The second-order valence-corrected chi connectivity index (χ2v) is 10.2. The SMILES string of the molecule is N#Cc1cnc(NCc2ccccc2OC(F)(F)F)nc1CC1[C@@H]2CC3C[C@H]1CC(CO)(C3)C2. The van der Waals surface area contributed by atoms with Crippen LogP contribution in [0.4, 0.5) is 19.1 Å². The van der Waals surface area contributed by atoms with Crippen molar-refractivity contribution in [2.45, 2.75) is 51.4 Å². The van der Waals surface area contributed by atoms with Crippen molar-refractivity contribution in [2.24, 2.45) is 29.1 Å². The normalized spacial score (nSPS) is 29.6. The van der Waals surface area contributed by atoms with Crippen molar-refractivity contribution in [3.63, 3.8) is 0 Å². The summed E-state index contributed by atoms with van der Waals surface area (Å²) in [5.74, 6) is 2.17. The lowest BCUT2D eigenvalue weighted by Gasteiger charge is -2.60. The molecule has 1 aromatic carbocycles. The number of anilines is 1. The van der Waals surface area contributed by atoms with Crippen LogP contribution in [-0.2, 0) is 13.0 Å². The van der Waals surface area contributed by atoms with Crippen molar-refractivity contribution < 1.29 is 23.0 Å². The zero-order valence-corrected chi connectivity index (χ0v) is 18.7. The van der Waals surface area contributed by atoms with Crippen molar-refractivity contribution in [3.8, 4) is 11.8 Å². The molecule has 0 amide bonds. The number of halogens is 3. The van der Waals surface area contributed by atoms with Crippen molar-refractivity contribution in [1.82, 2.24) is 9.97 Å². The highest BCUT2D eigenvalue weighted by molar-refractivity contribution is 5.40. The topological polar surface area (TPSA) is 91.1 Å². The van der Waals surface area contributed by atoms with Gasteiger partial charge < -0.3 is 15.2 Å². The number of hydrogen-bond donors (Lipinski definition) is 2. The van der Waals surface area contributed by atoms with E-state index in [0.717, 1.165) is 19.3 Å². The van der Waals surface area contributed by atoms with Crippen LogP contribution in [0.5, 0.6) is 5.75 Å². The molecule has 5 atom stereocenters. The van der Waals surface area contributed by atoms with Crippen LogP contribution in [-0.4, -0.2) is 28.0 Å². The Hall–Kier alpha value is -2.86. The molecule has 6 nitrogen and oxygen atoms in total. The molecule has 2 aromatic rings. The van der Waals surface area contributed by atoms with Crippen molar-refractivity contribution in [2.75, 3.05) is 11.9 Å². The van der Waals surface area contributed by atoms with Gasteiger partial charge in [0.1, 0.15) is 11.8 Å². The molecule has 34 heavy (non-hydrogen) atoms. The molecular weight excluding hydrogens is 445 g/mol. The summed E-state index contributed by atoms with van der Waals surface area (Å²) in [5, 5.41) is 22.6. The molecule has 180 valence electrons. The number of aromatic nitrogens is 2. The van der Waals surface area contributed by atoms with Gasteiger partial charge in [0.15, 0.2) is 0 Å². The third-order valence-electron chi connectivity index (χ3n) is 7.98. The molecule has 0 radical (unpaired) electrons. The van der Waals surface area contributed by atoms with Gasteiger partial charge in [0.05, 0.1) is 17.5 Å². The first-order chi connectivity index (χ1) is 16.3. The van der Waals surface area contributed by atoms with Crippen LogP contribution < -0.4 is 10.1 Å². The first-order valence-electron chi connectivity index (χ1n) is 11.7. The summed E-state index contributed by atoms with van der Waals surface area (Å²) in [7, 11) is 0. The van der Waals surface area contributed by atoms with Crippen LogP contribution in [0, 0.1) is 40.4 Å². The van der Waals surface area contributed by atoms with Crippen LogP contribution in [0.15, 0.2) is 30.5 Å². The molecule has 4 saturated carbocycles. The Morgan fingerprint density at radius 1 is 1.18 bits per heavy atom. The molecule has 4 aliphatic carbocycles. The number of ether oxygens (including phenoxy) is 1. The highest BCUT2D eigenvalue weighted by Crippen LogP contribution is 2.62. The van der Waals surface area contributed by atoms with Gasteiger partial charge >= 0.3 is 6.36 Å². The van der Waals surface area contributed by atoms with Gasteiger partial charge in [0, 0.05) is 18.7 Å². The minimum Gasteiger partial charge on any atom is -0.405 e. The summed E-state index contributed by atoms with van der Waals surface area (Å²) in [4.78, 5) is 8.79. The van der Waals surface area contributed by atoms with E-state index in [1.807, 2.05) is 0 Å². The van der Waals surface area contributed by atoms with E-state index in [0.29, 0.717) is 46.9 Å². The summed E-state index contributed by atoms with van der Waals surface area (Å²) < 4.78 is 42.2. The first-order valence-corrected chi connectivity index (χ1v) is 11.7. The Labute approximate surface area is 196 Å². The fraction of sp³-hybridized carbons (Fsp3) is 0.560. The predicted octanol–water partition coefficient (Wildman–Crippen LogP) is 4.84. The molecular formula is C25H27F3N4O2. The van der Waals surface area contributed by atoms with Crippen molar-refractivity contribution in [3.05, 3.63) is 47.3 Å². The largest absolute Gasteiger partial charge is 0.573 e. The van der Waals surface area contributed by atoms with E-state index in [2.05, 4.69) is 26.1 Å². The van der Waals surface area contributed by atoms with E-state index in [4.69, 9.17) is 0 Å². The summed E-state index contributed by atoms with van der Waals surface area (Å²) >= 11 is 0. The molecule has 0 saturated heterocycles. The number of alkyl halides is 3. The molecule has 0 aliphatic heterocycles. The molecule has 0 spiro atoms. The Kier molecular flexibility index (Phi) is 5.88. The Morgan fingerprint density at radius 3 is 2.59 bits per heavy atom. The summed E-state index contributed by atoms with van der Waals surface area (Å²) in [6.07, 6.45) is 2.94. The number of nitrogens with one attached hydrogen (secondary N) is 1. The zero-order chi connectivity index (χ0) is 23.9. The molecule has 1 aromatic heterocycles. The van der Waals surface area contributed by atoms with E-state index < -0.39 is 6.36 Å². The van der Waals surface area contributed by atoms with Gasteiger partial charge in [-0.2, -0.15) is 5.26 Å². The standard InChI is InChI=1S/C25H27F3N4O2/c26-25(27,28)34-22-4-2-1-3-16(22)12-30-23-31-13-19(11-29)21(32-23)7-20-17-5-15-6-18(20)10-24(8-15,9-17)14-33/h1-4,13,15,17-18,20,33H,5-10,12,14H2,(H,30,31,32)/t15?,17-,18+,20?,24?. The highest BCUT2D eigenvalue weighted by Gasteiger charge is 2.54. The molecule has 4 fully saturated rings. The van der Waals surface area contributed by atoms with E-state index in [1.54, 1.807) is 12.1 Å². The van der Waals surface area contributed by atoms with Gasteiger partial charge in [-0.1, -0.05) is 18.2 Å². The molecule has 3 unspecified atom stereocenters. The minimum absolute atomic E-state index is 0.0486. The van der Waals surface area contributed by atoms with Gasteiger partial charge in [-0.25, -0.2) is 9.97 Å². The van der Waals surface area contributed by atoms with Crippen LogP contribution in [0.1, 0.15) is 48.9 Å². The lowest BCUT2D eigenvalue weighted by atomic mass is 9.46. The lowest BCUT2D eigenvalue weighted by Crippen LogP contribution is -2.52. The lowest BCUT2D eigenvalue weighted by molar-refractivity contribution is -0.274. The Balaban J connectivity index is 1.31. The number of nitriles is 1.